The number of carboxylic acid groups (broad SMARTS) is 1. The zero-order valence-electron chi connectivity index (χ0n) is 51.6. The molecular formula is C72H76ClN3O11. The number of benzene rings is 8. The van der Waals surface area contributed by atoms with Crippen molar-refractivity contribution in [1.82, 2.24) is 0 Å². The number of halogens is 1. The summed E-state index contributed by atoms with van der Waals surface area (Å²) >= 11 is 5.37. The van der Waals surface area contributed by atoms with E-state index in [0.29, 0.717) is 33.5 Å². The van der Waals surface area contributed by atoms with Gasteiger partial charge in [-0.05, 0) is 193 Å². The van der Waals surface area contributed by atoms with Crippen LogP contribution in [-0.2, 0) is 25.5 Å². The highest BCUT2D eigenvalue weighted by atomic mass is 35.5. The van der Waals surface area contributed by atoms with Crippen LogP contribution in [0, 0.1) is 76.2 Å². The number of aromatic carboxylic acids is 1. The molecule has 0 spiro atoms. The summed E-state index contributed by atoms with van der Waals surface area (Å²) in [4.78, 5) is 94.7. The fourth-order valence-electron chi connectivity index (χ4n) is 9.15. The summed E-state index contributed by atoms with van der Waals surface area (Å²) < 4.78 is 9.76. The molecule has 8 rings (SSSR count). The first-order valence-corrected chi connectivity index (χ1v) is 28.5. The number of carbonyl (C=O) groups is 8. The molecule has 3 amide bonds. The first-order valence-electron chi connectivity index (χ1n) is 28.1. The number of Topliss-reactive ketones (excluding diaryl/α,β-unsaturated/α-hetero) is 1. The third-order valence-corrected chi connectivity index (χ3v) is 13.9. The second-order valence-electron chi connectivity index (χ2n) is 20.3. The Hall–Kier alpha value is -9.79. The fraction of sp³-hybridized carbons (Fsp3) is 0.222. The van der Waals surface area contributed by atoms with Crippen molar-refractivity contribution < 1.29 is 52.9 Å². The Bertz CT molecular complexity index is 3670. The summed E-state index contributed by atoms with van der Waals surface area (Å²) in [5, 5.41) is 17.1. The Morgan fingerprint density at radius 3 is 1.03 bits per heavy atom. The molecule has 0 heterocycles. The number of hydrogen-bond donors (Lipinski definition) is 4. The summed E-state index contributed by atoms with van der Waals surface area (Å²) in [6.45, 7) is 24.5. The van der Waals surface area contributed by atoms with Gasteiger partial charge in [0.1, 0.15) is 0 Å². The molecule has 14 nitrogen and oxygen atoms in total. The molecule has 0 bridgehead atoms. The van der Waals surface area contributed by atoms with Crippen LogP contribution in [0.25, 0.3) is 0 Å². The standard InChI is InChI=1S/C20H21NO4.C18H19NO3.C16H17NO.C9H9ClO.C9H10O2/c1-4-25-20(24)17(22)12-15-10-7-9-14(3)18(15)19(23)21-16-11-6-5-8-13(16)2;1-4-22-18(21)14-10-7-9-13(3)16(14)17(20)19-15-11-6-5-8-12(15)2;1-11-7-4-5-10-14(11)17-16(18)15-12(2)8-6-9-13(15)3;2*1-6-4-3-5-7(2)8(6)9(10)11/h5-11H,4,12H2,1-3H3,(H,21,23);5-11H,4H2,1-3H3,(H,19,20);4-10H,1-3H3,(H,17,18);3-5H,1-2H3;3-5H,1-2H3,(H,10,11). The van der Waals surface area contributed by atoms with Crippen molar-refractivity contribution in [2.75, 3.05) is 29.2 Å². The zero-order chi connectivity index (χ0) is 64.5. The third kappa shape index (κ3) is 20.5. The molecule has 4 N–H and O–H groups in total. The summed E-state index contributed by atoms with van der Waals surface area (Å²) in [5.74, 6) is -3.54. The maximum atomic E-state index is 12.7. The Morgan fingerprint density at radius 1 is 0.368 bits per heavy atom. The number of nitrogens with one attached hydrogen (secondary N) is 3. The zero-order valence-corrected chi connectivity index (χ0v) is 52.4. The van der Waals surface area contributed by atoms with Gasteiger partial charge in [0, 0.05) is 40.2 Å². The van der Waals surface area contributed by atoms with E-state index < -0.39 is 23.7 Å². The summed E-state index contributed by atoms with van der Waals surface area (Å²) in [6, 6.07) is 50.1. The van der Waals surface area contributed by atoms with Crippen molar-refractivity contribution >= 4 is 75.3 Å². The lowest BCUT2D eigenvalue weighted by Crippen LogP contribution is -2.22. The Morgan fingerprint density at radius 2 is 0.678 bits per heavy atom. The summed E-state index contributed by atoms with van der Waals surface area (Å²) in [6.07, 6.45) is -0.170. The first-order chi connectivity index (χ1) is 41.3. The molecule has 0 aromatic heterocycles. The Balaban J connectivity index is 0.000000241. The van der Waals surface area contributed by atoms with E-state index in [1.54, 1.807) is 90.1 Å². The van der Waals surface area contributed by atoms with Crippen molar-refractivity contribution in [2.24, 2.45) is 0 Å². The first kappa shape index (κ1) is 69.7. The summed E-state index contributed by atoms with van der Waals surface area (Å²) in [5.41, 5.74) is 15.6. The number of hydrogen-bond acceptors (Lipinski definition) is 10. The second-order valence-corrected chi connectivity index (χ2v) is 20.7. The van der Waals surface area contributed by atoms with E-state index in [2.05, 4.69) is 16.0 Å². The molecule has 452 valence electrons. The molecule has 0 saturated heterocycles. The lowest BCUT2D eigenvalue weighted by atomic mass is 9.97. The van der Waals surface area contributed by atoms with Crippen LogP contribution >= 0.6 is 11.6 Å². The van der Waals surface area contributed by atoms with Crippen LogP contribution in [0.1, 0.15) is 143 Å². The Labute approximate surface area is 515 Å². The van der Waals surface area contributed by atoms with E-state index in [0.717, 1.165) is 78.1 Å². The van der Waals surface area contributed by atoms with Gasteiger partial charge in [0.05, 0.1) is 29.9 Å². The topological polar surface area (TPSA) is 211 Å². The number of esters is 2. The van der Waals surface area contributed by atoms with Gasteiger partial charge in [-0.25, -0.2) is 14.4 Å². The van der Waals surface area contributed by atoms with Crippen LogP contribution < -0.4 is 16.0 Å². The van der Waals surface area contributed by atoms with Gasteiger partial charge >= 0.3 is 17.9 Å². The van der Waals surface area contributed by atoms with Gasteiger partial charge in [-0.15, -0.1) is 0 Å². The molecule has 0 fully saturated rings. The average molecular weight is 1190 g/mol. The van der Waals surface area contributed by atoms with Crippen molar-refractivity contribution in [2.45, 2.75) is 96.4 Å². The van der Waals surface area contributed by atoms with Gasteiger partial charge in [0.15, 0.2) is 0 Å². The van der Waals surface area contributed by atoms with Crippen molar-refractivity contribution in [1.29, 1.82) is 0 Å². The molecule has 0 aliphatic rings. The lowest BCUT2D eigenvalue weighted by Gasteiger charge is -2.13. The number of amides is 3. The average Bonchev–Trinajstić information content (AvgIpc) is 3.57. The van der Waals surface area contributed by atoms with Crippen molar-refractivity contribution in [3.8, 4) is 0 Å². The quantitative estimate of drug-likeness (QED) is 0.0457. The number of para-hydroxylation sites is 3. The highest BCUT2D eigenvalue weighted by Crippen LogP contribution is 2.24. The summed E-state index contributed by atoms with van der Waals surface area (Å²) in [7, 11) is 0. The molecule has 8 aromatic carbocycles. The SMILES string of the molecule is CCOC(=O)C(=O)Cc1cccc(C)c1C(=O)Nc1ccccc1C.CCOC(=O)c1cccc(C)c1C(=O)Nc1ccccc1C.Cc1cccc(C)c1C(=O)Cl.Cc1cccc(C)c1C(=O)O.Cc1ccccc1NC(=O)c1c(C)cccc1C. The van der Waals surface area contributed by atoms with Gasteiger partial charge in [-0.1, -0.05) is 140 Å². The van der Waals surface area contributed by atoms with Gasteiger partial charge < -0.3 is 30.5 Å². The van der Waals surface area contributed by atoms with Crippen LogP contribution in [0.15, 0.2) is 164 Å². The number of ketones is 1. The molecule has 0 unspecified atom stereocenters. The van der Waals surface area contributed by atoms with Crippen LogP contribution in [0.5, 0.6) is 0 Å². The number of ether oxygens (including phenoxy) is 2. The normalized spacial score (nSPS) is 10.0. The third-order valence-electron chi connectivity index (χ3n) is 13.7. The molecule has 87 heavy (non-hydrogen) atoms. The van der Waals surface area contributed by atoms with E-state index in [-0.39, 0.29) is 48.2 Å². The maximum Gasteiger partial charge on any atom is 0.374 e. The van der Waals surface area contributed by atoms with Crippen LogP contribution in [-0.4, -0.2) is 65.0 Å². The van der Waals surface area contributed by atoms with E-state index in [1.807, 2.05) is 164 Å². The van der Waals surface area contributed by atoms with E-state index in [1.165, 1.54) is 0 Å². The molecule has 0 radical (unpaired) electrons. The van der Waals surface area contributed by atoms with Crippen LogP contribution in [0.2, 0.25) is 0 Å². The van der Waals surface area contributed by atoms with E-state index in [9.17, 15) is 38.4 Å². The number of rotatable bonds is 14. The predicted molar refractivity (Wildman–Crippen MR) is 346 cm³/mol. The molecule has 0 saturated carbocycles. The molecule has 0 aliphatic carbocycles. The van der Waals surface area contributed by atoms with Gasteiger partial charge in [-0.3, -0.25) is 24.0 Å². The minimum atomic E-state index is -0.880. The Kier molecular flexibility index (Phi) is 27.4. The minimum Gasteiger partial charge on any atom is -0.478 e. The highest BCUT2D eigenvalue weighted by molar-refractivity contribution is 6.68. The van der Waals surface area contributed by atoms with Crippen molar-refractivity contribution in [3.05, 3.63) is 264 Å². The highest BCUT2D eigenvalue weighted by Gasteiger charge is 2.23. The molecule has 15 heteroatoms. The smallest absolute Gasteiger partial charge is 0.374 e. The molecule has 0 atom stereocenters. The van der Waals surface area contributed by atoms with Gasteiger partial charge in [0.25, 0.3) is 23.0 Å². The minimum absolute atomic E-state index is 0.0418. The van der Waals surface area contributed by atoms with Crippen molar-refractivity contribution in [3.63, 3.8) is 0 Å². The number of carbonyl (C=O) groups excluding carboxylic acids is 7. The van der Waals surface area contributed by atoms with E-state index >= 15 is 0 Å². The molecule has 0 aliphatic heterocycles. The molecule has 8 aromatic rings. The number of carboxylic acids is 1. The second kappa shape index (κ2) is 34.2. The monoisotopic (exact) mass is 1190 g/mol. The fourth-order valence-corrected chi connectivity index (χ4v) is 9.45. The van der Waals surface area contributed by atoms with Gasteiger partial charge in [-0.2, -0.15) is 0 Å². The van der Waals surface area contributed by atoms with E-state index in [4.69, 9.17) is 26.2 Å². The predicted octanol–water partition coefficient (Wildman–Crippen LogP) is 15.5. The largest absolute Gasteiger partial charge is 0.478 e. The number of anilines is 3. The maximum absolute atomic E-state index is 12.7. The van der Waals surface area contributed by atoms with Crippen LogP contribution in [0.3, 0.4) is 0 Å². The van der Waals surface area contributed by atoms with Crippen LogP contribution in [0.4, 0.5) is 17.1 Å². The lowest BCUT2D eigenvalue weighted by molar-refractivity contribution is -0.153. The van der Waals surface area contributed by atoms with Gasteiger partial charge in [0.2, 0.25) is 5.78 Å². The number of aryl methyl sites for hydroxylation is 11. The molecular weight excluding hydrogens is 1120 g/mol.